The number of urea groups is 1. The standard InChI is InChI=1S/C24H21F2N3O2/c25-19-10-8-17(9-11-19)16-28-12-3-13-29(24(28)31)22-7-2-6-21(15-22)27-23(30)18-4-1-5-20(26)14-18/h1-2,4-11,14-15H,3,12-13,16H2,(H,27,30). The van der Waals surface area contributed by atoms with E-state index in [1.807, 2.05) is 0 Å². The van der Waals surface area contributed by atoms with Crippen LogP contribution >= 0.6 is 0 Å². The summed E-state index contributed by atoms with van der Waals surface area (Å²) in [6.45, 7) is 1.56. The highest BCUT2D eigenvalue weighted by atomic mass is 19.1. The van der Waals surface area contributed by atoms with Crippen molar-refractivity contribution in [3.63, 3.8) is 0 Å². The number of rotatable bonds is 5. The number of hydrogen-bond donors (Lipinski definition) is 1. The molecule has 0 aromatic heterocycles. The van der Waals surface area contributed by atoms with E-state index in [-0.39, 0.29) is 17.4 Å². The summed E-state index contributed by atoms with van der Waals surface area (Å²) in [4.78, 5) is 28.8. The summed E-state index contributed by atoms with van der Waals surface area (Å²) in [5, 5.41) is 2.74. The average Bonchev–Trinajstić information content (AvgIpc) is 2.77. The molecule has 0 unspecified atom stereocenters. The van der Waals surface area contributed by atoms with Crippen LogP contribution in [0.25, 0.3) is 0 Å². The number of anilines is 2. The Balaban J connectivity index is 1.48. The van der Waals surface area contributed by atoms with E-state index in [4.69, 9.17) is 0 Å². The van der Waals surface area contributed by atoms with Crippen molar-refractivity contribution in [2.24, 2.45) is 0 Å². The van der Waals surface area contributed by atoms with Gasteiger partial charge < -0.3 is 10.2 Å². The van der Waals surface area contributed by atoms with E-state index in [9.17, 15) is 18.4 Å². The van der Waals surface area contributed by atoms with Crippen LogP contribution in [0.2, 0.25) is 0 Å². The Hall–Kier alpha value is -3.74. The van der Waals surface area contributed by atoms with E-state index in [1.54, 1.807) is 46.2 Å². The number of carbonyl (C=O) groups is 2. The van der Waals surface area contributed by atoms with E-state index in [0.29, 0.717) is 31.0 Å². The van der Waals surface area contributed by atoms with Crippen molar-refractivity contribution in [2.75, 3.05) is 23.3 Å². The lowest BCUT2D eigenvalue weighted by atomic mass is 10.1. The molecule has 1 N–H and O–H groups in total. The minimum absolute atomic E-state index is 0.149. The molecule has 31 heavy (non-hydrogen) atoms. The zero-order valence-electron chi connectivity index (χ0n) is 16.7. The Labute approximate surface area is 178 Å². The number of benzene rings is 3. The summed E-state index contributed by atoms with van der Waals surface area (Å²) in [7, 11) is 0. The molecular weight excluding hydrogens is 400 g/mol. The van der Waals surface area contributed by atoms with Gasteiger partial charge in [0.05, 0.1) is 0 Å². The summed E-state index contributed by atoms with van der Waals surface area (Å²) in [6.07, 6.45) is 0.785. The van der Waals surface area contributed by atoms with Crippen LogP contribution in [0.4, 0.5) is 25.0 Å². The van der Waals surface area contributed by atoms with Gasteiger partial charge in [-0.2, -0.15) is 0 Å². The first-order chi connectivity index (χ1) is 15.0. The highest BCUT2D eigenvalue weighted by Gasteiger charge is 2.27. The number of halogens is 2. The van der Waals surface area contributed by atoms with Gasteiger partial charge in [-0.1, -0.05) is 24.3 Å². The molecular formula is C24H21F2N3O2. The Morgan fingerprint density at radius 2 is 1.68 bits per heavy atom. The molecule has 0 bridgehead atoms. The van der Waals surface area contributed by atoms with Gasteiger partial charge in [0, 0.05) is 36.6 Å². The van der Waals surface area contributed by atoms with Gasteiger partial charge >= 0.3 is 6.03 Å². The Kier molecular flexibility index (Phi) is 5.93. The lowest BCUT2D eigenvalue weighted by Crippen LogP contribution is -2.49. The number of nitrogens with zero attached hydrogens (tertiary/aromatic N) is 2. The maximum Gasteiger partial charge on any atom is 0.324 e. The molecule has 1 aliphatic rings. The second kappa shape index (κ2) is 8.95. The maximum absolute atomic E-state index is 13.4. The van der Waals surface area contributed by atoms with Crippen molar-refractivity contribution in [3.05, 3.63) is 95.6 Å². The fourth-order valence-electron chi connectivity index (χ4n) is 3.56. The van der Waals surface area contributed by atoms with Crippen LogP contribution in [0.3, 0.4) is 0 Å². The summed E-state index contributed by atoms with van der Waals surface area (Å²) >= 11 is 0. The van der Waals surface area contributed by atoms with Crippen LogP contribution in [-0.2, 0) is 6.54 Å². The Bertz CT molecular complexity index is 1100. The molecule has 1 heterocycles. The maximum atomic E-state index is 13.4. The number of nitrogens with one attached hydrogen (secondary N) is 1. The van der Waals surface area contributed by atoms with Crippen molar-refractivity contribution in [2.45, 2.75) is 13.0 Å². The zero-order chi connectivity index (χ0) is 21.8. The van der Waals surface area contributed by atoms with E-state index in [1.165, 1.54) is 36.4 Å². The van der Waals surface area contributed by atoms with Crippen LogP contribution < -0.4 is 10.2 Å². The summed E-state index contributed by atoms with van der Waals surface area (Å²) in [6, 6.07) is 18.4. The Morgan fingerprint density at radius 1 is 0.903 bits per heavy atom. The molecule has 3 amide bonds. The second-order valence-electron chi connectivity index (χ2n) is 7.35. The van der Waals surface area contributed by atoms with Gasteiger partial charge in [-0.05, 0) is 60.5 Å². The van der Waals surface area contributed by atoms with Gasteiger partial charge in [-0.15, -0.1) is 0 Å². The largest absolute Gasteiger partial charge is 0.324 e. The second-order valence-corrected chi connectivity index (χ2v) is 7.35. The molecule has 1 aliphatic heterocycles. The molecule has 3 aromatic rings. The fraction of sp³-hybridized carbons (Fsp3) is 0.167. The van der Waals surface area contributed by atoms with Gasteiger partial charge in [-0.25, -0.2) is 13.6 Å². The predicted octanol–water partition coefficient (Wildman–Crippen LogP) is 5.05. The third-order valence-electron chi connectivity index (χ3n) is 5.10. The van der Waals surface area contributed by atoms with Crippen molar-refractivity contribution >= 4 is 23.3 Å². The third-order valence-corrected chi connectivity index (χ3v) is 5.10. The molecule has 1 saturated heterocycles. The van der Waals surface area contributed by atoms with Gasteiger partial charge in [-0.3, -0.25) is 9.69 Å². The molecule has 0 aliphatic carbocycles. The number of amides is 3. The zero-order valence-corrected chi connectivity index (χ0v) is 16.7. The number of carbonyl (C=O) groups excluding carboxylic acids is 2. The molecule has 0 atom stereocenters. The van der Waals surface area contributed by atoms with Crippen LogP contribution in [0.1, 0.15) is 22.3 Å². The SMILES string of the molecule is O=C(Nc1cccc(N2CCCN(Cc3ccc(F)cc3)C2=O)c1)c1cccc(F)c1. The quantitative estimate of drug-likeness (QED) is 0.627. The lowest BCUT2D eigenvalue weighted by molar-refractivity contribution is 0.102. The van der Waals surface area contributed by atoms with Crippen LogP contribution in [0.15, 0.2) is 72.8 Å². The van der Waals surface area contributed by atoms with Crippen molar-refractivity contribution < 1.29 is 18.4 Å². The molecule has 1 fully saturated rings. The van der Waals surface area contributed by atoms with Gasteiger partial charge in [0.15, 0.2) is 0 Å². The molecule has 0 radical (unpaired) electrons. The van der Waals surface area contributed by atoms with E-state index in [0.717, 1.165) is 12.0 Å². The highest BCUT2D eigenvalue weighted by molar-refractivity contribution is 6.04. The lowest BCUT2D eigenvalue weighted by Gasteiger charge is -2.36. The van der Waals surface area contributed by atoms with E-state index >= 15 is 0 Å². The van der Waals surface area contributed by atoms with Crippen LogP contribution in [0.5, 0.6) is 0 Å². The molecule has 4 rings (SSSR count). The first-order valence-electron chi connectivity index (χ1n) is 9.97. The topological polar surface area (TPSA) is 52.7 Å². The van der Waals surface area contributed by atoms with Crippen molar-refractivity contribution in [1.82, 2.24) is 4.90 Å². The molecule has 5 nitrogen and oxygen atoms in total. The minimum atomic E-state index is -0.485. The summed E-state index contributed by atoms with van der Waals surface area (Å²) in [5.74, 6) is -1.23. The predicted molar refractivity (Wildman–Crippen MR) is 115 cm³/mol. The van der Waals surface area contributed by atoms with Gasteiger partial charge in [0.25, 0.3) is 5.91 Å². The molecule has 0 saturated carbocycles. The average molecular weight is 421 g/mol. The summed E-state index contributed by atoms with van der Waals surface area (Å²) in [5.41, 5.74) is 2.23. The normalized spacial score (nSPS) is 13.9. The summed E-state index contributed by atoms with van der Waals surface area (Å²) < 4.78 is 26.5. The smallest absolute Gasteiger partial charge is 0.322 e. The molecule has 0 spiro atoms. The van der Waals surface area contributed by atoms with Gasteiger partial charge in [0.2, 0.25) is 0 Å². The molecule has 158 valence electrons. The monoisotopic (exact) mass is 421 g/mol. The first kappa shape index (κ1) is 20.5. The fourth-order valence-corrected chi connectivity index (χ4v) is 3.56. The first-order valence-corrected chi connectivity index (χ1v) is 9.97. The van der Waals surface area contributed by atoms with Crippen LogP contribution in [-0.4, -0.2) is 29.9 Å². The molecule has 7 heteroatoms. The van der Waals surface area contributed by atoms with Crippen molar-refractivity contribution in [3.8, 4) is 0 Å². The van der Waals surface area contributed by atoms with Gasteiger partial charge in [0.1, 0.15) is 11.6 Å². The van der Waals surface area contributed by atoms with E-state index < -0.39 is 11.7 Å². The minimum Gasteiger partial charge on any atom is -0.322 e. The Morgan fingerprint density at radius 3 is 2.45 bits per heavy atom. The number of hydrogen-bond acceptors (Lipinski definition) is 2. The third kappa shape index (κ3) is 4.88. The van der Waals surface area contributed by atoms with Crippen molar-refractivity contribution in [1.29, 1.82) is 0 Å². The molecule has 3 aromatic carbocycles. The highest BCUT2D eigenvalue weighted by Crippen LogP contribution is 2.25. The van der Waals surface area contributed by atoms with E-state index in [2.05, 4.69) is 5.32 Å². The van der Waals surface area contributed by atoms with Crippen LogP contribution in [0, 0.1) is 11.6 Å².